The van der Waals surface area contributed by atoms with Gasteiger partial charge in [-0.05, 0) is 24.6 Å². The predicted octanol–water partition coefficient (Wildman–Crippen LogP) is 1.83. The molecule has 1 rings (SSSR count). The van der Waals surface area contributed by atoms with Crippen LogP contribution in [-0.2, 0) is 16.1 Å². The minimum Gasteiger partial charge on any atom is -0.495 e. The van der Waals surface area contributed by atoms with E-state index in [2.05, 4.69) is 0 Å². The molecule has 0 bridgehead atoms. The van der Waals surface area contributed by atoms with Crippen molar-refractivity contribution in [3.8, 4) is 5.75 Å². The smallest absolute Gasteiger partial charge is 0.141 e. The molecular formula is C12H19NO3. The van der Waals surface area contributed by atoms with Crippen LogP contribution in [0.4, 0.5) is 5.69 Å². The maximum Gasteiger partial charge on any atom is 0.141 e. The number of nitrogens with two attached hydrogens (primary N) is 1. The van der Waals surface area contributed by atoms with Crippen LogP contribution in [-0.4, -0.2) is 26.9 Å². The first-order valence-corrected chi connectivity index (χ1v) is 5.35. The van der Waals surface area contributed by atoms with Gasteiger partial charge < -0.3 is 19.9 Å². The summed E-state index contributed by atoms with van der Waals surface area (Å²) in [6, 6.07) is 5.64. The molecule has 0 saturated carbocycles. The first-order valence-electron chi connectivity index (χ1n) is 5.35. The van der Waals surface area contributed by atoms with Gasteiger partial charge in [-0.3, -0.25) is 0 Å². The van der Waals surface area contributed by atoms with Gasteiger partial charge in [0.2, 0.25) is 0 Å². The van der Waals surface area contributed by atoms with Gasteiger partial charge in [-0.25, -0.2) is 0 Å². The second kappa shape index (κ2) is 7.09. The fraction of sp³-hybridized carbons (Fsp3) is 0.500. The SMILES string of the molecule is CCOCCOCc1ccc(OC)c(N)c1. The molecule has 4 heteroatoms. The van der Waals surface area contributed by atoms with Gasteiger partial charge in [0.05, 0.1) is 32.6 Å². The third kappa shape index (κ3) is 4.08. The molecule has 0 spiro atoms. The minimum absolute atomic E-state index is 0.543. The lowest BCUT2D eigenvalue weighted by Crippen LogP contribution is -2.04. The molecule has 0 fully saturated rings. The molecule has 0 atom stereocenters. The average molecular weight is 225 g/mol. The van der Waals surface area contributed by atoms with Crippen molar-refractivity contribution >= 4 is 5.69 Å². The Morgan fingerprint density at radius 1 is 1.19 bits per heavy atom. The zero-order valence-electron chi connectivity index (χ0n) is 9.86. The number of hydrogen-bond acceptors (Lipinski definition) is 4. The molecule has 1 aromatic carbocycles. The Labute approximate surface area is 96.3 Å². The molecule has 0 aliphatic carbocycles. The highest BCUT2D eigenvalue weighted by Gasteiger charge is 2.00. The molecule has 0 unspecified atom stereocenters. The summed E-state index contributed by atoms with van der Waals surface area (Å²) >= 11 is 0. The topological polar surface area (TPSA) is 53.7 Å². The van der Waals surface area contributed by atoms with E-state index in [4.69, 9.17) is 19.9 Å². The van der Waals surface area contributed by atoms with Crippen LogP contribution >= 0.6 is 0 Å². The molecule has 0 amide bonds. The molecule has 1 aromatic rings. The Bertz CT molecular complexity index is 315. The van der Waals surface area contributed by atoms with Gasteiger partial charge in [-0.2, -0.15) is 0 Å². The number of anilines is 1. The van der Waals surface area contributed by atoms with Crippen LogP contribution in [0.1, 0.15) is 12.5 Å². The Kier molecular flexibility index (Phi) is 5.67. The first-order chi connectivity index (χ1) is 7.77. The molecule has 0 saturated heterocycles. The summed E-state index contributed by atoms with van der Waals surface area (Å²) in [5.41, 5.74) is 7.45. The van der Waals surface area contributed by atoms with Gasteiger partial charge in [0.15, 0.2) is 0 Å². The van der Waals surface area contributed by atoms with E-state index in [0.717, 1.165) is 12.2 Å². The van der Waals surface area contributed by atoms with E-state index in [0.29, 0.717) is 31.3 Å². The van der Waals surface area contributed by atoms with Gasteiger partial charge >= 0.3 is 0 Å². The first kappa shape index (κ1) is 12.8. The van der Waals surface area contributed by atoms with Crippen molar-refractivity contribution in [2.45, 2.75) is 13.5 Å². The summed E-state index contributed by atoms with van der Waals surface area (Å²) in [4.78, 5) is 0. The predicted molar refractivity (Wildman–Crippen MR) is 63.6 cm³/mol. The van der Waals surface area contributed by atoms with Gasteiger partial charge in [-0.1, -0.05) is 6.07 Å². The van der Waals surface area contributed by atoms with Crippen LogP contribution in [0.25, 0.3) is 0 Å². The van der Waals surface area contributed by atoms with Crippen LogP contribution in [0.3, 0.4) is 0 Å². The Morgan fingerprint density at radius 2 is 1.94 bits per heavy atom. The third-order valence-corrected chi connectivity index (χ3v) is 2.14. The molecular weight excluding hydrogens is 206 g/mol. The quantitative estimate of drug-likeness (QED) is 0.568. The van der Waals surface area contributed by atoms with Crippen molar-refractivity contribution in [1.29, 1.82) is 0 Å². The average Bonchev–Trinajstić information content (AvgIpc) is 2.29. The lowest BCUT2D eigenvalue weighted by Gasteiger charge is -2.08. The van der Waals surface area contributed by atoms with Crippen molar-refractivity contribution in [3.63, 3.8) is 0 Å². The number of hydrogen-bond donors (Lipinski definition) is 1. The van der Waals surface area contributed by atoms with Crippen LogP contribution in [0.5, 0.6) is 5.75 Å². The standard InChI is InChI=1S/C12H19NO3/c1-3-15-6-7-16-9-10-4-5-12(14-2)11(13)8-10/h4-5,8H,3,6-7,9,13H2,1-2H3. The minimum atomic E-state index is 0.543. The largest absolute Gasteiger partial charge is 0.495 e. The third-order valence-electron chi connectivity index (χ3n) is 2.14. The van der Waals surface area contributed by atoms with Crippen molar-refractivity contribution < 1.29 is 14.2 Å². The zero-order chi connectivity index (χ0) is 11.8. The van der Waals surface area contributed by atoms with Gasteiger partial charge in [-0.15, -0.1) is 0 Å². The highest BCUT2D eigenvalue weighted by molar-refractivity contribution is 5.54. The van der Waals surface area contributed by atoms with Crippen molar-refractivity contribution in [2.75, 3.05) is 32.7 Å². The fourth-order valence-electron chi connectivity index (χ4n) is 1.33. The molecule has 0 aliphatic rings. The van der Waals surface area contributed by atoms with Crippen molar-refractivity contribution in [3.05, 3.63) is 23.8 Å². The lowest BCUT2D eigenvalue weighted by molar-refractivity contribution is 0.0453. The van der Waals surface area contributed by atoms with E-state index < -0.39 is 0 Å². The number of rotatable bonds is 7. The number of ether oxygens (including phenoxy) is 3. The van der Waals surface area contributed by atoms with Crippen LogP contribution in [0, 0.1) is 0 Å². The van der Waals surface area contributed by atoms with Gasteiger partial charge in [0.25, 0.3) is 0 Å². The molecule has 0 heterocycles. The number of nitrogen functional groups attached to an aromatic ring is 1. The van der Waals surface area contributed by atoms with Gasteiger partial charge in [0.1, 0.15) is 5.75 Å². The monoisotopic (exact) mass is 225 g/mol. The second-order valence-corrected chi connectivity index (χ2v) is 3.33. The lowest BCUT2D eigenvalue weighted by atomic mass is 10.2. The molecule has 16 heavy (non-hydrogen) atoms. The summed E-state index contributed by atoms with van der Waals surface area (Å²) in [6.45, 7) is 4.45. The van der Waals surface area contributed by atoms with Crippen LogP contribution < -0.4 is 10.5 Å². The summed E-state index contributed by atoms with van der Waals surface area (Å²) in [5.74, 6) is 0.693. The van der Waals surface area contributed by atoms with Crippen LogP contribution in [0.2, 0.25) is 0 Å². The van der Waals surface area contributed by atoms with E-state index in [1.54, 1.807) is 7.11 Å². The normalized spacial score (nSPS) is 10.4. The molecule has 90 valence electrons. The molecule has 0 radical (unpaired) electrons. The Hall–Kier alpha value is -1.26. The highest BCUT2D eigenvalue weighted by Crippen LogP contribution is 2.22. The van der Waals surface area contributed by atoms with E-state index in [-0.39, 0.29) is 0 Å². The van der Waals surface area contributed by atoms with Crippen molar-refractivity contribution in [2.24, 2.45) is 0 Å². The van der Waals surface area contributed by atoms with Gasteiger partial charge in [0, 0.05) is 6.61 Å². The number of methoxy groups -OCH3 is 1. The van der Waals surface area contributed by atoms with E-state index >= 15 is 0 Å². The summed E-state index contributed by atoms with van der Waals surface area (Å²) in [5, 5.41) is 0. The zero-order valence-corrected chi connectivity index (χ0v) is 9.86. The Balaban J connectivity index is 2.34. The maximum atomic E-state index is 5.78. The summed E-state index contributed by atoms with van der Waals surface area (Å²) in [6.07, 6.45) is 0. The fourth-order valence-corrected chi connectivity index (χ4v) is 1.33. The van der Waals surface area contributed by atoms with E-state index in [1.165, 1.54) is 0 Å². The summed E-state index contributed by atoms with van der Waals surface area (Å²) in [7, 11) is 1.60. The second-order valence-electron chi connectivity index (χ2n) is 3.33. The Morgan fingerprint density at radius 3 is 2.56 bits per heavy atom. The molecule has 4 nitrogen and oxygen atoms in total. The highest BCUT2D eigenvalue weighted by atomic mass is 16.5. The maximum absolute atomic E-state index is 5.78. The molecule has 0 aliphatic heterocycles. The van der Waals surface area contributed by atoms with E-state index in [9.17, 15) is 0 Å². The summed E-state index contributed by atoms with van der Waals surface area (Å²) < 4.78 is 15.7. The van der Waals surface area contributed by atoms with Crippen molar-refractivity contribution in [1.82, 2.24) is 0 Å². The van der Waals surface area contributed by atoms with E-state index in [1.807, 2.05) is 25.1 Å². The molecule has 2 N–H and O–H groups in total. The molecule has 0 aromatic heterocycles. The van der Waals surface area contributed by atoms with Crippen LogP contribution in [0.15, 0.2) is 18.2 Å². The number of benzene rings is 1.